The molecule has 0 radical (unpaired) electrons. The van der Waals surface area contributed by atoms with E-state index in [1.54, 1.807) is 7.11 Å². The first kappa shape index (κ1) is 12.9. The molecule has 4 heteroatoms. The van der Waals surface area contributed by atoms with Crippen LogP contribution in [0.4, 0.5) is 0 Å². The smallest absolute Gasteiger partial charge is 0.0820 e. The molecule has 0 saturated carbocycles. The Morgan fingerprint density at radius 2 is 1.80 bits per heavy atom. The first-order chi connectivity index (χ1) is 7.30. The molecule has 1 rings (SSSR count). The zero-order chi connectivity index (χ0) is 11.1. The monoisotopic (exact) mass is 215 g/mol. The molecule has 1 heterocycles. The van der Waals surface area contributed by atoms with E-state index in [9.17, 15) is 0 Å². The average molecular weight is 215 g/mol. The molecule has 4 nitrogen and oxygen atoms in total. The summed E-state index contributed by atoms with van der Waals surface area (Å²) in [4.78, 5) is 4.98. The van der Waals surface area contributed by atoms with Crippen LogP contribution < -0.4 is 5.73 Å². The van der Waals surface area contributed by atoms with E-state index in [4.69, 9.17) is 10.5 Å². The van der Waals surface area contributed by atoms with Crippen molar-refractivity contribution < 1.29 is 4.74 Å². The van der Waals surface area contributed by atoms with Gasteiger partial charge in [0.1, 0.15) is 0 Å². The minimum Gasteiger partial charge on any atom is -0.379 e. The molecule has 1 atom stereocenters. The predicted octanol–water partition coefficient (Wildman–Crippen LogP) is -0.0123. The van der Waals surface area contributed by atoms with Gasteiger partial charge in [-0.2, -0.15) is 0 Å². The van der Waals surface area contributed by atoms with Crippen LogP contribution >= 0.6 is 0 Å². The molecule has 0 amide bonds. The van der Waals surface area contributed by atoms with E-state index in [1.165, 1.54) is 26.1 Å². The van der Waals surface area contributed by atoms with Crippen LogP contribution in [0, 0.1) is 0 Å². The van der Waals surface area contributed by atoms with Crippen molar-refractivity contribution >= 4 is 0 Å². The molecule has 0 aromatic heterocycles. The number of hydrogen-bond donors (Lipinski definition) is 1. The van der Waals surface area contributed by atoms with Crippen LogP contribution in [-0.2, 0) is 4.74 Å². The van der Waals surface area contributed by atoms with E-state index < -0.39 is 0 Å². The molecule has 2 N–H and O–H groups in total. The van der Waals surface area contributed by atoms with Crippen molar-refractivity contribution in [2.75, 3.05) is 52.9 Å². The highest BCUT2D eigenvalue weighted by atomic mass is 16.5. The fourth-order valence-corrected chi connectivity index (χ4v) is 2.04. The summed E-state index contributed by atoms with van der Waals surface area (Å²) in [7, 11) is 1.74. The first-order valence-electron chi connectivity index (χ1n) is 5.97. The van der Waals surface area contributed by atoms with E-state index in [-0.39, 0.29) is 6.10 Å². The molecule has 1 aliphatic rings. The van der Waals surface area contributed by atoms with Crippen molar-refractivity contribution in [3.05, 3.63) is 0 Å². The van der Waals surface area contributed by atoms with Gasteiger partial charge in [0.15, 0.2) is 0 Å². The standard InChI is InChI=1S/C11H25N3O/c1-3-4-13-5-7-14(8-6-13)10-11(9-12)15-2/h11H,3-10,12H2,1-2H3. The van der Waals surface area contributed by atoms with E-state index >= 15 is 0 Å². The molecule has 0 spiro atoms. The normalized spacial score (nSPS) is 21.8. The Hall–Kier alpha value is -0.160. The van der Waals surface area contributed by atoms with E-state index in [0.29, 0.717) is 6.54 Å². The number of hydrogen-bond acceptors (Lipinski definition) is 4. The molecule has 1 saturated heterocycles. The molecule has 1 aliphatic heterocycles. The summed E-state index contributed by atoms with van der Waals surface area (Å²) in [5.41, 5.74) is 5.61. The quantitative estimate of drug-likeness (QED) is 0.676. The lowest BCUT2D eigenvalue weighted by atomic mass is 10.2. The molecule has 1 fully saturated rings. The fourth-order valence-electron chi connectivity index (χ4n) is 2.04. The molecule has 90 valence electrons. The van der Waals surface area contributed by atoms with E-state index in [0.717, 1.165) is 19.6 Å². The first-order valence-corrected chi connectivity index (χ1v) is 5.97. The van der Waals surface area contributed by atoms with Crippen LogP contribution in [-0.4, -0.2) is 68.8 Å². The molecule has 15 heavy (non-hydrogen) atoms. The highest BCUT2D eigenvalue weighted by Crippen LogP contribution is 2.03. The van der Waals surface area contributed by atoms with Gasteiger partial charge >= 0.3 is 0 Å². The topological polar surface area (TPSA) is 41.7 Å². The van der Waals surface area contributed by atoms with Gasteiger partial charge in [-0.05, 0) is 13.0 Å². The lowest BCUT2D eigenvalue weighted by Gasteiger charge is -2.35. The number of piperazine rings is 1. The summed E-state index contributed by atoms with van der Waals surface area (Å²) in [6.45, 7) is 9.75. The third-order valence-electron chi connectivity index (χ3n) is 3.06. The number of rotatable bonds is 6. The average Bonchev–Trinajstić information content (AvgIpc) is 2.28. The molecular formula is C11H25N3O. The molecule has 0 aliphatic carbocycles. The summed E-state index contributed by atoms with van der Waals surface area (Å²) in [6, 6.07) is 0. The second-order valence-electron chi connectivity index (χ2n) is 4.24. The third kappa shape index (κ3) is 4.47. The zero-order valence-electron chi connectivity index (χ0n) is 10.1. The van der Waals surface area contributed by atoms with Gasteiger partial charge in [0.2, 0.25) is 0 Å². The zero-order valence-corrected chi connectivity index (χ0v) is 10.1. The predicted molar refractivity (Wildman–Crippen MR) is 63.0 cm³/mol. The van der Waals surface area contributed by atoms with Gasteiger partial charge in [-0.15, -0.1) is 0 Å². The SMILES string of the molecule is CCCN1CCN(CC(CN)OC)CC1. The highest BCUT2D eigenvalue weighted by Gasteiger charge is 2.18. The maximum absolute atomic E-state index is 5.61. The Morgan fingerprint density at radius 1 is 1.20 bits per heavy atom. The van der Waals surface area contributed by atoms with Gasteiger partial charge < -0.3 is 15.4 Å². The van der Waals surface area contributed by atoms with E-state index in [1.807, 2.05) is 0 Å². The van der Waals surface area contributed by atoms with Crippen molar-refractivity contribution in [1.29, 1.82) is 0 Å². The highest BCUT2D eigenvalue weighted by molar-refractivity contribution is 4.74. The van der Waals surface area contributed by atoms with Gasteiger partial charge in [0, 0.05) is 46.4 Å². The fraction of sp³-hybridized carbons (Fsp3) is 1.00. The summed E-state index contributed by atoms with van der Waals surface area (Å²) in [5, 5.41) is 0. The molecular weight excluding hydrogens is 190 g/mol. The Bertz CT molecular complexity index is 154. The Balaban J connectivity index is 2.19. The van der Waals surface area contributed by atoms with E-state index in [2.05, 4.69) is 16.7 Å². The lowest BCUT2D eigenvalue weighted by molar-refractivity contribution is 0.0474. The van der Waals surface area contributed by atoms with Gasteiger partial charge in [-0.3, -0.25) is 4.90 Å². The van der Waals surface area contributed by atoms with Crippen LogP contribution in [0.3, 0.4) is 0 Å². The second kappa shape index (κ2) is 7.17. The number of ether oxygens (including phenoxy) is 1. The van der Waals surface area contributed by atoms with Crippen LogP contribution in [0.1, 0.15) is 13.3 Å². The van der Waals surface area contributed by atoms with Crippen molar-refractivity contribution in [3.8, 4) is 0 Å². The van der Waals surface area contributed by atoms with Crippen LogP contribution in [0.15, 0.2) is 0 Å². The maximum atomic E-state index is 5.61. The lowest BCUT2D eigenvalue weighted by Crippen LogP contribution is -2.49. The van der Waals surface area contributed by atoms with Gasteiger partial charge in [-0.1, -0.05) is 6.92 Å². The maximum Gasteiger partial charge on any atom is 0.0820 e. The van der Waals surface area contributed by atoms with Crippen LogP contribution in [0.25, 0.3) is 0 Å². The van der Waals surface area contributed by atoms with Crippen molar-refractivity contribution in [1.82, 2.24) is 9.80 Å². The van der Waals surface area contributed by atoms with Gasteiger partial charge in [0.05, 0.1) is 6.10 Å². The Kier molecular flexibility index (Phi) is 6.17. The summed E-state index contributed by atoms with van der Waals surface area (Å²) < 4.78 is 5.30. The molecule has 0 bridgehead atoms. The van der Waals surface area contributed by atoms with Crippen LogP contribution in [0.5, 0.6) is 0 Å². The number of nitrogens with zero attached hydrogens (tertiary/aromatic N) is 2. The third-order valence-corrected chi connectivity index (χ3v) is 3.06. The second-order valence-corrected chi connectivity index (χ2v) is 4.24. The molecule has 0 aromatic carbocycles. The van der Waals surface area contributed by atoms with Crippen molar-refractivity contribution in [2.24, 2.45) is 5.73 Å². The minimum atomic E-state index is 0.197. The van der Waals surface area contributed by atoms with Crippen molar-refractivity contribution in [3.63, 3.8) is 0 Å². The molecule has 1 unspecified atom stereocenters. The molecule has 0 aromatic rings. The van der Waals surface area contributed by atoms with Crippen LogP contribution in [0.2, 0.25) is 0 Å². The Morgan fingerprint density at radius 3 is 2.27 bits per heavy atom. The Labute approximate surface area is 93.4 Å². The summed E-state index contributed by atoms with van der Waals surface area (Å²) in [6.07, 6.45) is 1.45. The number of methoxy groups -OCH3 is 1. The summed E-state index contributed by atoms with van der Waals surface area (Å²) >= 11 is 0. The van der Waals surface area contributed by atoms with Crippen molar-refractivity contribution in [2.45, 2.75) is 19.4 Å². The minimum absolute atomic E-state index is 0.197. The van der Waals surface area contributed by atoms with Gasteiger partial charge in [0.25, 0.3) is 0 Å². The summed E-state index contributed by atoms with van der Waals surface area (Å²) in [5.74, 6) is 0. The largest absolute Gasteiger partial charge is 0.379 e. The van der Waals surface area contributed by atoms with Gasteiger partial charge in [-0.25, -0.2) is 0 Å². The number of nitrogens with two attached hydrogens (primary N) is 1.